The van der Waals surface area contributed by atoms with Gasteiger partial charge in [-0.15, -0.1) is 0 Å². The molecule has 0 aromatic carbocycles. The molecule has 5 heteroatoms. The van der Waals surface area contributed by atoms with Gasteiger partial charge in [0.05, 0.1) is 12.5 Å². The minimum Gasteiger partial charge on any atom is -0.328 e. The molecule has 3 saturated heterocycles. The summed E-state index contributed by atoms with van der Waals surface area (Å²) in [6.45, 7) is 0. The smallest absolute Gasteiger partial charge is 0.246 e. The van der Waals surface area contributed by atoms with Gasteiger partial charge in [-0.25, -0.2) is 0 Å². The molecule has 3 unspecified atom stereocenters. The van der Waals surface area contributed by atoms with Gasteiger partial charge in [0.15, 0.2) is 0 Å². The minimum atomic E-state index is -0.217. The molecule has 0 spiro atoms. The normalized spacial score (nSPS) is 41.6. The van der Waals surface area contributed by atoms with Crippen LogP contribution in [-0.4, -0.2) is 52.8 Å². The molecular formula is C13H21N3O2. The Bertz CT molecular complexity index is 370. The van der Waals surface area contributed by atoms with E-state index >= 15 is 0 Å². The average molecular weight is 251 g/mol. The Balaban J connectivity index is 1.83. The molecule has 3 aliphatic heterocycles. The Hall–Kier alpha value is -0.940. The molecule has 5 nitrogen and oxygen atoms in total. The van der Waals surface area contributed by atoms with Crippen molar-refractivity contribution in [2.24, 2.45) is 5.73 Å². The first-order chi connectivity index (χ1) is 8.58. The van der Waals surface area contributed by atoms with Gasteiger partial charge in [0.1, 0.15) is 0 Å². The summed E-state index contributed by atoms with van der Waals surface area (Å²) in [5, 5.41) is 0. The van der Waals surface area contributed by atoms with Crippen molar-refractivity contribution in [1.29, 1.82) is 0 Å². The lowest BCUT2D eigenvalue weighted by Crippen LogP contribution is -2.60. The van der Waals surface area contributed by atoms with Crippen molar-refractivity contribution in [2.45, 2.75) is 62.7 Å². The fourth-order valence-corrected chi connectivity index (χ4v) is 3.94. The Kier molecular flexibility index (Phi) is 2.90. The lowest BCUT2D eigenvalue weighted by molar-refractivity contribution is -0.139. The molecule has 100 valence electrons. The number of carbonyl (C=O) groups excluding carboxylic acids is 2. The van der Waals surface area contributed by atoms with Gasteiger partial charge in [0.2, 0.25) is 11.8 Å². The summed E-state index contributed by atoms with van der Waals surface area (Å²) in [6.07, 6.45) is 5.76. The molecule has 3 rings (SSSR count). The molecule has 3 fully saturated rings. The highest BCUT2D eigenvalue weighted by Gasteiger charge is 2.48. The van der Waals surface area contributed by atoms with Crippen LogP contribution in [0.2, 0.25) is 0 Å². The van der Waals surface area contributed by atoms with Crippen molar-refractivity contribution in [3.63, 3.8) is 0 Å². The Morgan fingerprint density at radius 3 is 2.28 bits per heavy atom. The van der Waals surface area contributed by atoms with E-state index in [1.165, 1.54) is 11.3 Å². The van der Waals surface area contributed by atoms with E-state index in [1.54, 1.807) is 7.05 Å². The van der Waals surface area contributed by atoms with Gasteiger partial charge in [-0.1, -0.05) is 6.42 Å². The van der Waals surface area contributed by atoms with Crippen LogP contribution in [0, 0.1) is 0 Å². The van der Waals surface area contributed by atoms with Crippen LogP contribution in [0.25, 0.3) is 0 Å². The van der Waals surface area contributed by atoms with Gasteiger partial charge < -0.3 is 5.73 Å². The summed E-state index contributed by atoms with van der Waals surface area (Å²) < 4.78 is 0. The monoisotopic (exact) mass is 251 g/mol. The zero-order chi connectivity index (χ0) is 12.9. The third kappa shape index (κ3) is 1.77. The summed E-state index contributed by atoms with van der Waals surface area (Å²) in [6, 6.07) is 0.855. The van der Waals surface area contributed by atoms with Crippen LogP contribution >= 0.6 is 0 Å². The summed E-state index contributed by atoms with van der Waals surface area (Å²) in [4.78, 5) is 27.4. The number of hydrogen-bond donors (Lipinski definition) is 1. The number of piperidine rings is 2. The summed E-state index contributed by atoms with van der Waals surface area (Å²) in [7, 11) is 1.59. The molecule has 18 heavy (non-hydrogen) atoms. The van der Waals surface area contributed by atoms with Gasteiger partial charge in [-0.05, 0) is 25.7 Å². The predicted molar refractivity (Wildman–Crippen MR) is 66.7 cm³/mol. The maximum Gasteiger partial charge on any atom is 0.246 e. The van der Waals surface area contributed by atoms with Crippen LogP contribution in [-0.2, 0) is 9.59 Å². The van der Waals surface area contributed by atoms with E-state index in [2.05, 4.69) is 4.90 Å². The number of rotatable bonds is 1. The van der Waals surface area contributed by atoms with Crippen LogP contribution in [0.1, 0.15) is 38.5 Å². The number of imide groups is 1. The lowest BCUT2D eigenvalue weighted by Gasteiger charge is -2.50. The predicted octanol–water partition coefficient (Wildman–Crippen LogP) is 0.0879. The van der Waals surface area contributed by atoms with E-state index in [0.717, 1.165) is 25.7 Å². The third-order valence-electron chi connectivity index (χ3n) is 4.79. The molecule has 3 aliphatic rings. The van der Waals surface area contributed by atoms with E-state index in [9.17, 15) is 9.59 Å². The Morgan fingerprint density at radius 2 is 1.78 bits per heavy atom. The molecule has 0 radical (unpaired) electrons. The van der Waals surface area contributed by atoms with Crippen LogP contribution in [0.5, 0.6) is 0 Å². The molecule has 0 aromatic heterocycles. The van der Waals surface area contributed by atoms with E-state index in [4.69, 9.17) is 5.73 Å². The summed E-state index contributed by atoms with van der Waals surface area (Å²) in [5.41, 5.74) is 6.09. The van der Waals surface area contributed by atoms with Gasteiger partial charge >= 0.3 is 0 Å². The number of amides is 2. The second kappa shape index (κ2) is 4.31. The second-order valence-corrected chi connectivity index (χ2v) is 5.93. The fraction of sp³-hybridized carbons (Fsp3) is 0.846. The molecule has 2 bridgehead atoms. The Morgan fingerprint density at radius 1 is 1.17 bits per heavy atom. The van der Waals surface area contributed by atoms with Crippen molar-refractivity contribution < 1.29 is 9.59 Å². The van der Waals surface area contributed by atoms with Crippen molar-refractivity contribution >= 4 is 11.8 Å². The number of carbonyl (C=O) groups is 2. The highest BCUT2D eigenvalue weighted by atomic mass is 16.2. The van der Waals surface area contributed by atoms with E-state index in [-0.39, 0.29) is 23.9 Å². The first-order valence-electron chi connectivity index (χ1n) is 6.91. The Labute approximate surface area is 107 Å². The quantitative estimate of drug-likeness (QED) is 0.671. The molecule has 2 amide bonds. The maximum atomic E-state index is 12.2. The van der Waals surface area contributed by atoms with E-state index in [1.807, 2.05) is 0 Å². The molecular weight excluding hydrogens is 230 g/mol. The highest BCUT2D eigenvalue weighted by molar-refractivity contribution is 6.05. The van der Waals surface area contributed by atoms with Gasteiger partial charge in [0, 0.05) is 25.2 Å². The number of hydrogen-bond acceptors (Lipinski definition) is 4. The van der Waals surface area contributed by atoms with E-state index < -0.39 is 0 Å². The summed E-state index contributed by atoms with van der Waals surface area (Å²) >= 11 is 0. The lowest BCUT2D eigenvalue weighted by atomic mass is 9.80. The zero-order valence-corrected chi connectivity index (χ0v) is 10.8. The van der Waals surface area contributed by atoms with Crippen LogP contribution in [0.15, 0.2) is 0 Å². The van der Waals surface area contributed by atoms with Crippen molar-refractivity contribution in [2.75, 3.05) is 7.05 Å². The first-order valence-corrected chi connectivity index (χ1v) is 6.91. The number of likely N-dealkylation sites (N-methyl/N-ethyl adjacent to an activating group) is 1. The topological polar surface area (TPSA) is 66.6 Å². The molecule has 0 aliphatic carbocycles. The molecule has 0 saturated carbocycles. The maximum absolute atomic E-state index is 12.2. The van der Waals surface area contributed by atoms with Crippen molar-refractivity contribution in [1.82, 2.24) is 9.80 Å². The highest BCUT2D eigenvalue weighted by Crippen LogP contribution is 2.37. The number of nitrogens with zero attached hydrogens (tertiary/aromatic N) is 2. The van der Waals surface area contributed by atoms with Gasteiger partial charge in [-0.3, -0.25) is 19.4 Å². The van der Waals surface area contributed by atoms with Crippen LogP contribution in [0.3, 0.4) is 0 Å². The first kappa shape index (κ1) is 12.1. The molecule has 0 aromatic rings. The largest absolute Gasteiger partial charge is 0.328 e. The van der Waals surface area contributed by atoms with E-state index in [0.29, 0.717) is 18.5 Å². The molecule has 2 N–H and O–H groups in total. The van der Waals surface area contributed by atoms with Gasteiger partial charge in [-0.2, -0.15) is 0 Å². The van der Waals surface area contributed by atoms with Crippen molar-refractivity contribution in [3.05, 3.63) is 0 Å². The second-order valence-electron chi connectivity index (χ2n) is 5.93. The number of fused-ring (bicyclic) bond motifs is 2. The molecule has 3 atom stereocenters. The average Bonchev–Trinajstić information content (AvgIpc) is 2.56. The number of likely N-dealkylation sites (tertiary alicyclic amines) is 1. The molecule has 3 heterocycles. The van der Waals surface area contributed by atoms with Crippen LogP contribution < -0.4 is 5.73 Å². The third-order valence-corrected chi connectivity index (χ3v) is 4.79. The standard InChI is InChI=1S/C13H21N3O2/c1-15-12(17)7-11(13(15)18)16-9-3-2-4-10(16)6-8(14)5-9/h8-11H,2-7,14H2,1H3. The SMILES string of the molecule is CN1C(=O)CC(N2C3CCCC2CC(N)C3)C1=O. The van der Waals surface area contributed by atoms with Crippen molar-refractivity contribution in [3.8, 4) is 0 Å². The minimum absolute atomic E-state index is 0.0210. The zero-order valence-electron chi connectivity index (χ0n) is 10.8. The summed E-state index contributed by atoms with van der Waals surface area (Å²) in [5.74, 6) is -0.0645. The number of nitrogens with two attached hydrogens (primary N) is 1. The fourth-order valence-electron chi connectivity index (χ4n) is 3.94. The van der Waals surface area contributed by atoms with Gasteiger partial charge in [0.25, 0.3) is 0 Å². The van der Waals surface area contributed by atoms with Crippen LogP contribution in [0.4, 0.5) is 0 Å².